The average Bonchev–Trinajstić information content (AvgIpc) is 3.17. The van der Waals surface area contributed by atoms with Gasteiger partial charge < -0.3 is 19.6 Å². The number of halogens is 3. The van der Waals surface area contributed by atoms with Crippen LogP contribution in [0.5, 0.6) is 0 Å². The largest absolute Gasteiger partial charge is 0.416 e. The Morgan fingerprint density at radius 1 is 1.03 bits per heavy atom. The van der Waals surface area contributed by atoms with E-state index in [0.717, 1.165) is 29.5 Å². The highest BCUT2D eigenvalue weighted by atomic mass is 19.4. The number of hydrogen-bond donors (Lipinski definition) is 1. The molecule has 11 heteroatoms. The van der Waals surface area contributed by atoms with Gasteiger partial charge in [0.2, 0.25) is 0 Å². The highest BCUT2D eigenvalue weighted by Crippen LogP contribution is 2.34. The van der Waals surface area contributed by atoms with Crippen LogP contribution in [0, 0.1) is 0 Å². The number of aromatic nitrogens is 3. The molecule has 4 aromatic rings. The molecule has 0 aliphatic carbocycles. The molecule has 1 aliphatic rings. The van der Waals surface area contributed by atoms with Gasteiger partial charge in [0.15, 0.2) is 0 Å². The van der Waals surface area contributed by atoms with Crippen LogP contribution in [-0.2, 0) is 12.6 Å². The lowest BCUT2D eigenvalue weighted by Gasteiger charge is -2.24. The van der Waals surface area contributed by atoms with Crippen LogP contribution < -0.4 is 10.2 Å². The molecular formula is C27H27F3N6O2. The fourth-order valence-electron chi connectivity index (χ4n) is 4.55. The van der Waals surface area contributed by atoms with Gasteiger partial charge in [-0.2, -0.15) is 18.2 Å². The number of carbonyl (C=O) groups is 1. The van der Waals surface area contributed by atoms with Crippen LogP contribution >= 0.6 is 0 Å². The molecule has 3 heterocycles. The van der Waals surface area contributed by atoms with Crippen molar-refractivity contribution < 1.29 is 22.5 Å². The second-order valence-electron chi connectivity index (χ2n) is 9.13. The first-order chi connectivity index (χ1) is 18.3. The zero-order chi connectivity index (χ0) is 26.7. The van der Waals surface area contributed by atoms with Gasteiger partial charge in [-0.1, -0.05) is 48.5 Å². The predicted octanol–water partition coefficient (Wildman–Crippen LogP) is 6.00. The number of fused-ring (bicyclic) bond motifs is 1. The molecule has 2 amide bonds. The molecule has 1 saturated heterocycles. The van der Waals surface area contributed by atoms with E-state index in [-0.39, 0.29) is 5.69 Å². The second-order valence-corrected chi connectivity index (χ2v) is 9.13. The van der Waals surface area contributed by atoms with E-state index < -0.39 is 17.8 Å². The van der Waals surface area contributed by atoms with Gasteiger partial charge in [-0.25, -0.2) is 9.78 Å². The maximum atomic E-state index is 13.1. The molecule has 0 radical (unpaired) electrons. The molecule has 0 spiro atoms. The first-order valence-electron chi connectivity index (χ1n) is 12.5. The fraction of sp³-hybridized carbons (Fsp3) is 0.333. The third-order valence-corrected chi connectivity index (χ3v) is 6.41. The fourth-order valence-corrected chi connectivity index (χ4v) is 4.55. The standard InChI is InChI=1S/C27H27F3N6O2/c1-2-8-21-32-24(22-23(34-38-25(22)33-21)18-9-4-3-5-10-18)35-13-7-14-36(16-15-35)26(37)31-20-12-6-11-19(17-20)27(28,29)30/h3-6,9-12,17H,2,7-8,13-16H2,1H3,(H,31,37). The van der Waals surface area contributed by atoms with Gasteiger partial charge in [-0.15, -0.1) is 0 Å². The maximum Gasteiger partial charge on any atom is 0.416 e. The molecule has 8 nitrogen and oxygen atoms in total. The Kier molecular flexibility index (Phi) is 7.17. The molecule has 198 valence electrons. The summed E-state index contributed by atoms with van der Waals surface area (Å²) in [6, 6.07) is 13.9. The number of rotatable bonds is 5. The molecule has 0 unspecified atom stereocenters. The number of benzene rings is 2. The van der Waals surface area contributed by atoms with Crippen LogP contribution in [0.3, 0.4) is 0 Å². The van der Waals surface area contributed by atoms with Crippen molar-refractivity contribution in [3.05, 3.63) is 66.0 Å². The van der Waals surface area contributed by atoms with Crippen molar-refractivity contribution in [2.45, 2.75) is 32.4 Å². The van der Waals surface area contributed by atoms with E-state index in [0.29, 0.717) is 62.1 Å². The summed E-state index contributed by atoms with van der Waals surface area (Å²) >= 11 is 0. The first kappa shape index (κ1) is 25.5. The van der Waals surface area contributed by atoms with Gasteiger partial charge >= 0.3 is 12.2 Å². The van der Waals surface area contributed by atoms with Crippen molar-refractivity contribution in [1.29, 1.82) is 0 Å². The molecule has 38 heavy (non-hydrogen) atoms. The molecule has 2 aromatic carbocycles. The number of nitrogens with one attached hydrogen (secondary N) is 1. The molecule has 0 atom stereocenters. The Morgan fingerprint density at radius 3 is 2.61 bits per heavy atom. The summed E-state index contributed by atoms with van der Waals surface area (Å²) < 4.78 is 44.8. The Balaban J connectivity index is 1.39. The van der Waals surface area contributed by atoms with Crippen molar-refractivity contribution in [2.75, 3.05) is 36.4 Å². The van der Waals surface area contributed by atoms with Gasteiger partial charge in [-0.3, -0.25) is 0 Å². The molecule has 0 saturated carbocycles. The van der Waals surface area contributed by atoms with Gasteiger partial charge in [0, 0.05) is 43.9 Å². The number of urea groups is 1. The second kappa shape index (κ2) is 10.7. The van der Waals surface area contributed by atoms with E-state index >= 15 is 0 Å². The molecule has 1 fully saturated rings. The third kappa shape index (κ3) is 5.41. The third-order valence-electron chi connectivity index (χ3n) is 6.41. The number of amides is 2. The molecule has 0 bridgehead atoms. The number of hydrogen-bond acceptors (Lipinski definition) is 6. The summed E-state index contributed by atoms with van der Waals surface area (Å²) in [7, 11) is 0. The molecule has 5 rings (SSSR count). The molecule has 1 N–H and O–H groups in total. The summed E-state index contributed by atoms with van der Waals surface area (Å²) in [6.45, 7) is 3.98. The molecule has 2 aromatic heterocycles. The van der Waals surface area contributed by atoms with Crippen molar-refractivity contribution in [1.82, 2.24) is 20.0 Å². The van der Waals surface area contributed by atoms with Gasteiger partial charge in [-0.05, 0) is 31.0 Å². The van der Waals surface area contributed by atoms with Crippen LogP contribution in [-0.4, -0.2) is 52.2 Å². The number of anilines is 2. The SMILES string of the molecule is CCCc1nc(N2CCCN(C(=O)Nc3cccc(C(F)(F)F)c3)CC2)c2c(-c3ccccc3)noc2n1. The summed E-state index contributed by atoms with van der Waals surface area (Å²) in [4.78, 5) is 26.1. The van der Waals surface area contributed by atoms with Crippen LogP contribution in [0.2, 0.25) is 0 Å². The molecule has 1 aliphatic heterocycles. The van der Waals surface area contributed by atoms with E-state index in [4.69, 9.17) is 9.51 Å². The smallest absolute Gasteiger partial charge is 0.354 e. The van der Waals surface area contributed by atoms with E-state index in [9.17, 15) is 18.0 Å². The maximum absolute atomic E-state index is 13.1. The monoisotopic (exact) mass is 524 g/mol. The van der Waals surface area contributed by atoms with Crippen molar-refractivity contribution in [3.8, 4) is 11.3 Å². The number of carbonyl (C=O) groups excluding carboxylic acids is 1. The van der Waals surface area contributed by atoms with Crippen molar-refractivity contribution >= 4 is 28.6 Å². The van der Waals surface area contributed by atoms with Gasteiger partial charge in [0.1, 0.15) is 22.7 Å². The summed E-state index contributed by atoms with van der Waals surface area (Å²) in [5.74, 6) is 1.37. The van der Waals surface area contributed by atoms with Crippen molar-refractivity contribution in [2.24, 2.45) is 0 Å². The predicted molar refractivity (Wildman–Crippen MR) is 138 cm³/mol. The van der Waals surface area contributed by atoms with Crippen LogP contribution in [0.25, 0.3) is 22.4 Å². The lowest BCUT2D eigenvalue weighted by atomic mass is 10.1. The summed E-state index contributed by atoms with van der Waals surface area (Å²) in [5.41, 5.74) is 1.25. The van der Waals surface area contributed by atoms with Gasteiger partial charge in [0.05, 0.1) is 5.56 Å². The Hall–Kier alpha value is -4.15. The minimum absolute atomic E-state index is 0.101. The van der Waals surface area contributed by atoms with Gasteiger partial charge in [0.25, 0.3) is 5.71 Å². The molecular weight excluding hydrogens is 497 g/mol. The number of aryl methyl sites for hydroxylation is 1. The highest BCUT2D eigenvalue weighted by Gasteiger charge is 2.31. The number of nitrogens with zero attached hydrogens (tertiary/aromatic N) is 5. The Morgan fingerprint density at radius 2 is 1.84 bits per heavy atom. The topological polar surface area (TPSA) is 87.4 Å². The Labute approximate surface area is 217 Å². The minimum Gasteiger partial charge on any atom is -0.354 e. The van der Waals surface area contributed by atoms with E-state index in [1.807, 2.05) is 30.3 Å². The summed E-state index contributed by atoms with van der Waals surface area (Å²) in [5, 5.41) is 7.63. The van der Waals surface area contributed by atoms with E-state index in [1.54, 1.807) is 4.90 Å². The quantitative estimate of drug-likeness (QED) is 0.345. The zero-order valence-electron chi connectivity index (χ0n) is 20.8. The zero-order valence-corrected chi connectivity index (χ0v) is 20.8. The number of alkyl halides is 3. The minimum atomic E-state index is -4.48. The normalized spacial score (nSPS) is 14.5. The lowest BCUT2D eigenvalue weighted by Crippen LogP contribution is -2.38. The Bertz CT molecular complexity index is 1420. The van der Waals surface area contributed by atoms with Crippen LogP contribution in [0.4, 0.5) is 29.5 Å². The summed E-state index contributed by atoms with van der Waals surface area (Å²) in [6.07, 6.45) is -2.28. The van der Waals surface area contributed by atoms with Crippen LogP contribution in [0.1, 0.15) is 31.2 Å². The average molecular weight is 525 g/mol. The highest BCUT2D eigenvalue weighted by molar-refractivity contribution is 5.98. The van der Waals surface area contributed by atoms with E-state index in [1.165, 1.54) is 12.1 Å². The first-order valence-corrected chi connectivity index (χ1v) is 12.5. The lowest BCUT2D eigenvalue weighted by molar-refractivity contribution is -0.137. The van der Waals surface area contributed by atoms with Crippen LogP contribution in [0.15, 0.2) is 59.1 Å². The van der Waals surface area contributed by atoms with E-state index in [2.05, 4.69) is 27.3 Å². The van der Waals surface area contributed by atoms with Crippen molar-refractivity contribution in [3.63, 3.8) is 0 Å².